The summed E-state index contributed by atoms with van der Waals surface area (Å²) in [5.74, 6) is 0.627. The van der Waals surface area contributed by atoms with Crippen LogP contribution in [0.2, 0.25) is 0 Å². The number of hydrogen-bond donors (Lipinski definition) is 1. The fourth-order valence-electron chi connectivity index (χ4n) is 2.50. The molecule has 0 aliphatic carbocycles. The Hall–Kier alpha value is -3.29. The van der Waals surface area contributed by atoms with Crippen LogP contribution >= 0.6 is 0 Å². The van der Waals surface area contributed by atoms with Crippen LogP contribution in [0.1, 0.15) is 31.2 Å². The smallest absolute Gasteiger partial charge is 0.262 e. The number of amides is 1. The molecule has 0 aliphatic rings. The predicted molar refractivity (Wildman–Crippen MR) is 98.5 cm³/mol. The Balaban J connectivity index is 1.63. The fourth-order valence-corrected chi connectivity index (χ4v) is 2.50. The molecule has 0 aliphatic heterocycles. The Morgan fingerprint density at radius 2 is 1.96 bits per heavy atom. The zero-order valence-electron chi connectivity index (χ0n) is 15.3. The van der Waals surface area contributed by atoms with Crippen molar-refractivity contribution in [1.82, 2.24) is 20.2 Å². The van der Waals surface area contributed by atoms with E-state index >= 15 is 0 Å². The van der Waals surface area contributed by atoms with E-state index in [1.807, 2.05) is 24.3 Å². The topological polar surface area (TPSA) is 81.9 Å². The molecular weight excluding hydrogens is 349 g/mol. The first kappa shape index (κ1) is 18.5. The molecule has 2 aromatic carbocycles. The van der Waals surface area contributed by atoms with Crippen LogP contribution in [-0.4, -0.2) is 32.7 Å². The van der Waals surface area contributed by atoms with Gasteiger partial charge in [0.05, 0.1) is 0 Å². The van der Waals surface area contributed by atoms with E-state index in [0.29, 0.717) is 23.2 Å². The van der Waals surface area contributed by atoms with Gasteiger partial charge in [0, 0.05) is 5.69 Å². The number of nitrogens with one attached hydrogen (secondary N) is 1. The maximum absolute atomic E-state index is 14.1. The Labute approximate surface area is 156 Å². The van der Waals surface area contributed by atoms with Crippen molar-refractivity contribution in [3.05, 3.63) is 59.7 Å². The third-order valence-electron chi connectivity index (χ3n) is 4.00. The van der Waals surface area contributed by atoms with Crippen LogP contribution in [-0.2, 0) is 4.79 Å². The van der Waals surface area contributed by atoms with E-state index < -0.39 is 5.82 Å². The number of carbonyl (C=O) groups is 1. The van der Waals surface area contributed by atoms with Gasteiger partial charge in [0.25, 0.3) is 5.91 Å². The van der Waals surface area contributed by atoms with Crippen LogP contribution in [0.25, 0.3) is 5.69 Å². The van der Waals surface area contributed by atoms with Gasteiger partial charge in [-0.2, -0.15) is 4.68 Å². The zero-order chi connectivity index (χ0) is 19.4. The van der Waals surface area contributed by atoms with E-state index in [0.717, 1.165) is 0 Å². The summed E-state index contributed by atoms with van der Waals surface area (Å²) in [6, 6.07) is 11.8. The molecule has 8 heteroatoms. The molecule has 0 atom stereocenters. The number of anilines is 1. The summed E-state index contributed by atoms with van der Waals surface area (Å²) in [6.45, 7) is 5.72. The van der Waals surface area contributed by atoms with Gasteiger partial charge in [0.1, 0.15) is 17.3 Å². The molecule has 1 amide bonds. The van der Waals surface area contributed by atoms with Crippen molar-refractivity contribution in [1.29, 1.82) is 0 Å². The Morgan fingerprint density at radius 3 is 2.59 bits per heavy atom. The van der Waals surface area contributed by atoms with Crippen LogP contribution in [0.4, 0.5) is 10.1 Å². The molecule has 0 bridgehead atoms. The van der Waals surface area contributed by atoms with Gasteiger partial charge >= 0.3 is 0 Å². The molecular formula is C19H20FN5O2. The van der Waals surface area contributed by atoms with Crippen molar-refractivity contribution < 1.29 is 13.9 Å². The molecule has 1 heterocycles. The quantitative estimate of drug-likeness (QED) is 0.721. The lowest BCUT2D eigenvalue weighted by Crippen LogP contribution is -2.20. The molecule has 1 N–H and O–H groups in total. The monoisotopic (exact) mass is 369 g/mol. The highest BCUT2D eigenvalue weighted by atomic mass is 19.1. The minimum Gasteiger partial charge on any atom is -0.484 e. The summed E-state index contributed by atoms with van der Waals surface area (Å²) >= 11 is 0. The first-order valence-electron chi connectivity index (χ1n) is 8.51. The third-order valence-corrected chi connectivity index (χ3v) is 4.00. The summed E-state index contributed by atoms with van der Waals surface area (Å²) in [7, 11) is 0. The number of halogens is 1. The number of aryl methyl sites for hydroxylation is 1. The Morgan fingerprint density at radius 1 is 1.22 bits per heavy atom. The minimum atomic E-state index is -0.495. The van der Waals surface area contributed by atoms with Crippen molar-refractivity contribution in [2.45, 2.75) is 26.7 Å². The maximum atomic E-state index is 14.1. The molecule has 0 saturated carbocycles. The molecule has 3 aromatic rings. The van der Waals surface area contributed by atoms with Crippen LogP contribution in [0.15, 0.2) is 42.5 Å². The van der Waals surface area contributed by atoms with Crippen molar-refractivity contribution in [3.8, 4) is 11.4 Å². The van der Waals surface area contributed by atoms with E-state index in [1.54, 1.807) is 6.92 Å². The standard InChI is InChI=1S/C19H20FN5O2/c1-12(2)14-4-7-16(8-5-14)27-11-19(26)21-15-6-9-17(20)18(10-15)25-13(3)22-23-24-25/h4-10,12H,11H2,1-3H3,(H,21,26). The number of nitrogens with zero attached hydrogens (tertiary/aromatic N) is 4. The SMILES string of the molecule is Cc1nnnn1-c1cc(NC(=O)COc2ccc(C(C)C)cc2)ccc1F. The summed E-state index contributed by atoms with van der Waals surface area (Å²) in [4.78, 5) is 12.1. The van der Waals surface area contributed by atoms with Crippen LogP contribution < -0.4 is 10.1 Å². The second-order valence-electron chi connectivity index (χ2n) is 6.36. The summed E-state index contributed by atoms with van der Waals surface area (Å²) in [5, 5.41) is 13.7. The van der Waals surface area contributed by atoms with E-state index in [1.165, 1.54) is 28.4 Å². The molecule has 0 fully saturated rings. The van der Waals surface area contributed by atoms with Gasteiger partial charge in [-0.15, -0.1) is 5.10 Å². The normalized spacial score (nSPS) is 10.9. The number of tetrazole rings is 1. The first-order chi connectivity index (χ1) is 12.9. The highest BCUT2D eigenvalue weighted by molar-refractivity contribution is 5.92. The lowest BCUT2D eigenvalue weighted by Gasteiger charge is -2.11. The van der Waals surface area contributed by atoms with E-state index in [4.69, 9.17) is 4.74 Å². The highest BCUT2D eigenvalue weighted by Gasteiger charge is 2.12. The number of carbonyl (C=O) groups excluding carboxylic acids is 1. The molecule has 1 aromatic heterocycles. The largest absolute Gasteiger partial charge is 0.484 e. The summed E-state index contributed by atoms with van der Waals surface area (Å²) in [6.07, 6.45) is 0. The average molecular weight is 369 g/mol. The van der Waals surface area contributed by atoms with E-state index in [2.05, 4.69) is 34.7 Å². The summed E-state index contributed by atoms with van der Waals surface area (Å²) in [5.41, 5.74) is 1.77. The lowest BCUT2D eigenvalue weighted by atomic mass is 10.0. The van der Waals surface area contributed by atoms with E-state index in [9.17, 15) is 9.18 Å². The highest BCUT2D eigenvalue weighted by Crippen LogP contribution is 2.20. The van der Waals surface area contributed by atoms with Gasteiger partial charge in [-0.1, -0.05) is 26.0 Å². The molecule has 0 saturated heterocycles. The zero-order valence-corrected chi connectivity index (χ0v) is 15.3. The molecule has 3 rings (SSSR count). The van der Waals surface area contributed by atoms with Crippen molar-refractivity contribution in [3.63, 3.8) is 0 Å². The average Bonchev–Trinajstić information content (AvgIpc) is 3.07. The second-order valence-corrected chi connectivity index (χ2v) is 6.36. The Kier molecular flexibility index (Phi) is 5.44. The maximum Gasteiger partial charge on any atom is 0.262 e. The fraction of sp³-hybridized carbons (Fsp3) is 0.263. The second kappa shape index (κ2) is 7.94. The molecule has 7 nitrogen and oxygen atoms in total. The van der Waals surface area contributed by atoms with Gasteiger partial charge in [0.2, 0.25) is 0 Å². The number of rotatable bonds is 6. The number of hydrogen-bond acceptors (Lipinski definition) is 5. The molecule has 0 spiro atoms. The number of benzene rings is 2. The van der Waals surface area contributed by atoms with Crippen molar-refractivity contribution in [2.24, 2.45) is 0 Å². The van der Waals surface area contributed by atoms with Gasteiger partial charge in [-0.3, -0.25) is 4.79 Å². The molecule has 27 heavy (non-hydrogen) atoms. The van der Waals surface area contributed by atoms with Crippen LogP contribution in [0.5, 0.6) is 5.75 Å². The van der Waals surface area contributed by atoms with Crippen molar-refractivity contribution >= 4 is 11.6 Å². The molecule has 0 radical (unpaired) electrons. The predicted octanol–water partition coefficient (Wildman–Crippen LogP) is 3.25. The number of aromatic nitrogens is 4. The number of ether oxygens (including phenoxy) is 1. The lowest BCUT2D eigenvalue weighted by molar-refractivity contribution is -0.118. The van der Waals surface area contributed by atoms with Crippen LogP contribution in [0, 0.1) is 12.7 Å². The molecule has 0 unspecified atom stereocenters. The van der Waals surface area contributed by atoms with Gasteiger partial charge in [-0.25, -0.2) is 4.39 Å². The third kappa shape index (κ3) is 4.46. The first-order valence-corrected chi connectivity index (χ1v) is 8.51. The van der Waals surface area contributed by atoms with Crippen LogP contribution in [0.3, 0.4) is 0 Å². The van der Waals surface area contributed by atoms with Gasteiger partial charge < -0.3 is 10.1 Å². The van der Waals surface area contributed by atoms with E-state index in [-0.39, 0.29) is 18.2 Å². The van der Waals surface area contributed by atoms with Gasteiger partial charge in [0.15, 0.2) is 12.4 Å². The summed E-state index contributed by atoms with van der Waals surface area (Å²) < 4.78 is 20.8. The molecule has 140 valence electrons. The minimum absolute atomic E-state index is 0.153. The van der Waals surface area contributed by atoms with Gasteiger partial charge in [-0.05, 0) is 59.2 Å². The Bertz CT molecular complexity index is 938. The van der Waals surface area contributed by atoms with Crippen molar-refractivity contribution in [2.75, 3.05) is 11.9 Å².